The Morgan fingerprint density at radius 3 is 3.00 bits per heavy atom. The Hall–Kier alpha value is -1.06. The second-order valence-electron chi connectivity index (χ2n) is 4.96. The summed E-state index contributed by atoms with van der Waals surface area (Å²) in [6, 6.07) is 8.50. The molecule has 2 rings (SSSR count). The lowest BCUT2D eigenvalue weighted by Gasteiger charge is -2.25. The van der Waals surface area contributed by atoms with Crippen LogP contribution >= 0.6 is 0 Å². The summed E-state index contributed by atoms with van der Waals surface area (Å²) in [7, 11) is 1.72. The topological polar surface area (TPSA) is 30.5 Å². The van der Waals surface area contributed by atoms with Crippen molar-refractivity contribution >= 4 is 0 Å². The van der Waals surface area contributed by atoms with Crippen molar-refractivity contribution in [2.45, 2.75) is 25.8 Å². The summed E-state index contributed by atoms with van der Waals surface area (Å²) in [6.07, 6.45) is 2.46. The molecule has 0 saturated carbocycles. The molecule has 1 saturated heterocycles. The zero-order valence-electron chi connectivity index (χ0n) is 11.3. The number of para-hydroxylation sites is 1. The fourth-order valence-electron chi connectivity index (χ4n) is 2.45. The Bertz CT molecular complexity index is 361. The molecule has 0 amide bonds. The summed E-state index contributed by atoms with van der Waals surface area (Å²) in [5.74, 6) is 1.60. The van der Waals surface area contributed by atoms with E-state index in [0.29, 0.717) is 12.0 Å². The normalized spacial score (nSPS) is 21.6. The van der Waals surface area contributed by atoms with Crippen LogP contribution in [0.15, 0.2) is 24.3 Å². The molecule has 0 bridgehead atoms. The molecule has 3 heteroatoms. The average molecular weight is 249 g/mol. The lowest BCUT2D eigenvalue weighted by Crippen LogP contribution is -2.30. The van der Waals surface area contributed by atoms with Gasteiger partial charge in [0, 0.05) is 24.8 Å². The van der Waals surface area contributed by atoms with Gasteiger partial charge in [0.25, 0.3) is 0 Å². The van der Waals surface area contributed by atoms with Crippen LogP contribution in [0.1, 0.15) is 31.4 Å². The molecule has 1 unspecified atom stereocenters. The molecule has 1 aromatic carbocycles. The quantitative estimate of drug-likeness (QED) is 0.870. The van der Waals surface area contributed by atoms with Gasteiger partial charge in [0.1, 0.15) is 5.75 Å². The molecular formula is C15H23NO2. The summed E-state index contributed by atoms with van der Waals surface area (Å²) in [4.78, 5) is 0. The van der Waals surface area contributed by atoms with E-state index in [1.54, 1.807) is 7.11 Å². The van der Waals surface area contributed by atoms with Gasteiger partial charge in [0.2, 0.25) is 0 Å². The highest BCUT2D eigenvalue weighted by Crippen LogP contribution is 2.24. The van der Waals surface area contributed by atoms with Gasteiger partial charge < -0.3 is 14.8 Å². The molecule has 100 valence electrons. The molecule has 18 heavy (non-hydrogen) atoms. The fraction of sp³-hybridized carbons (Fsp3) is 0.600. The van der Waals surface area contributed by atoms with Gasteiger partial charge in [0.15, 0.2) is 0 Å². The third kappa shape index (κ3) is 3.47. The third-order valence-corrected chi connectivity index (χ3v) is 3.57. The first-order valence-electron chi connectivity index (χ1n) is 6.75. The molecule has 1 aliphatic heterocycles. The minimum atomic E-state index is 0.308. The highest BCUT2D eigenvalue weighted by atomic mass is 16.5. The van der Waals surface area contributed by atoms with Crippen LogP contribution in [-0.2, 0) is 4.74 Å². The molecule has 1 aliphatic rings. The molecule has 0 aliphatic carbocycles. The van der Waals surface area contributed by atoms with Crippen LogP contribution in [0.3, 0.4) is 0 Å². The van der Waals surface area contributed by atoms with Crippen molar-refractivity contribution in [2.75, 3.05) is 26.9 Å². The van der Waals surface area contributed by atoms with Gasteiger partial charge in [-0.15, -0.1) is 0 Å². The van der Waals surface area contributed by atoms with E-state index >= 15 is 0 Å². The van der Waals surface area contributed by atoms with Crippen molar-refractivity contribution in [3.8, 4) is 5.75 Å². The molecule has 1 N–H and O–H groups in total. The lowest BCUT2D eigenvalue weighted by atomic mass is 10.0. The maximum Gasteiger partial charge on any atom is 0.123 e. The molecule has 2 atom stereocenters. The Balaban J connectivity index is 1.88. The Morgan fingerprint density at radius 1 is 1.44 bits per heavy atom. The summed E-state index contributed by atoms with van der Waals surface area (Å²) < 4.78 is 10.9. The van der Waals surface area contributed by atoms with Crippen LogP contribution in [0, 0.1) is 5.92 Å². The van der Waals surface area contributed by atoms with E-state index < -0.39 is 0 Å². The van der Waals surface area contributed by atoms with E-state index in [0.717, 1.165) is 25.5 Å². The number of rotatable bonds is 5. The van der Waals surface area contributed by atoms with Crippen molar-refractivity contribution in [1.82, 2.24) is 5.32 Å². The summed E-state index contributed by atoms with van der Waals surface area (Å²) in [5.41, 5.74) is 1.22. The maximum absolute atomic E-state index is 5.50. The van der Waals surface area contributed by atoms with Gasteiger partial charge in [-0.05, 0) is 31.7 Å². The van der Waals surface area contributed by atoms with Crippen LogP contribution in [0.4, 0.5) is 0 Å². The van der Waals surface area contributed by atoms with Crippen LogP contribution in [0.25, 0.3) is 0 Å². The fourth-order valence-corrected chi connectivity index (χ4v) is 2.45. The monoisotopic (exact) mass is 249 g/mol. The predicted octanol–water partition coefficient (Wildman–Crippen LogP) is 2.77. The van der Waals surface area contributed by atoms with E-state index in [1.807, 2.05) is 12.1 Å². The van der Waals surface area contributed by atoms with Gasteiger partial charge in [-0.2, -0.15) is 0 Å². The van der Waals surface area contributed by atoms with Crippen molar-refractivity contribution in [3.05, 3.63) is 29.8 Å². The first kappa shape index (κ1) is 13.4. The Kier molecular flexibility index (Phi) is 5.02. The lowest BCUT2D eigenvalue weighted by molar-refractivity contribution is 0.0540. The third-order valence-electron chi connectivity index (χ3n) is 3.57. The van der Waals surface area contributed by atoms with Gasteiger partial charge in [-0.3, -0.25) is 0 Å². The van der Waals surface area contributed by atoms with E-state index in [-0.39, 0.29) is 0 Å². The maximum atomic E-state index is 5.50. The first-order chi connectivity index (χ1) is 8.81. The smallest absolute Gasteiger partial charge is 0.123 e. The second kappa shape index (κ2) is 6.76. The molecule has 1 heterocycles. The summed E-state index contributed by atoms with van der Waals surface area (Å²) >= 11 is 0. The zero-order valence-corrected chi connectivity index (χ0v) is 11.3. The van der Waals surface area contributed by atoms with Crippen LogP contribution in [0.2, 0.25) is 0 Å². The highest BCUT2D eigenvalue weighted by Gasteiger charge is 2.16. The predicted molar refractivity (Wildman–Crippen MR) is 73.0 cm³/mol. The zero-order chi connectivity index (χ0) is 12.8. The largest absolute Gasteiger partial charge is 0.496 e. The van der Waals surface area contributed by atoms with E-state index in [9.17, 15) is 0 Å². The van der Waals surface area contributed by atoms with E-state index in [4.69, 9.17) is 9.47 Å². The molecule has 3 nitrogen and oxygen atoms in total. The first-order valence-corrected chi connectivity index (χ1v) is 6.75. The molecule has 1 fully saturated rings. The number of benzene rings is 1. The molecule has 0 aromatic heterocycles. The second-order valence-corrected chi connectivity index (χ2v) is 4.96. The van der Waals surface area contributed by atoms with Crippen molar-refractivity contribution in [3.63, 3.8) is 0 Å². The van der Waals surface area contributed by atoms with E-state index in [2.05, 4.69) is 24.4 Å². The van der Waals surface area contributed by atoms with E-state index in [1.165, 1.54) is 18.4 Å². The molecule has 1 aromatic rings. The SMILES string of the molecule is COc1ccccc1[C@@H](C)NCC1CCCOC1. The number of methoxy groups -OCH3 is 1. The van der Waals surface area contributed by atoms with Crippen molar-refractivity contribution in [1.29, 1.82) is 0 Å². The molecule has 0 radical (unpaired) electrons. The Morgan fingerprint density at radius 2 is 2.28 bits per heavy atom. The van der Waals surface area contributed by atoms with Crippen molar-refractivity contribution < 1.29 is 9.47 Å². The summed E-state index contributed by atoms with van der Waals surface area (Å²) in [6.45, 7) is 5.02. The summed E-state index contributed by atoms with van der Waals surface area (Å²) in [5, 5.41) is 3.58. The average Bonchev–Trinajstić information content (AvgIpc) is 2.45. The van der Waals surface area contributed by atoms with Crippen LogP contribution in [-0.4, -0.2) is 26.9 Å². The number of ether oxygens (including phenoxy) is 2. The number of hydrogen-bond acceptors (Lipinski definition) is 3. The minimum absolute atomic E-state index is 0.308. The molecule has 0 spiro atoms. The standard InChI is InChI=1S/C15H23NO2/c1-12(14-7-3-4-8-15(14)17-2)16-10-13-6-5-9-18-11-13/h3-4,7-8,12-13,16H,5-6,9-11H2,1-2H3/t12-,13?/m1/s1. The van der Waals surface area contributed by atoms with Gasteiger partial charge in [-0.1, -0.05) is 18.2 Å². The van der Waals surface area contributed by atoms with Crippen molar-refractivity contribution in [2.24, 2.45) is 5.92 Å². The number of nitrogens with one attached hydrogen (secondary N) is 1. The van der Waals surface area contributed by atoms with Crippen LogP contribution < -0.4 is 10.1 Å². The van der Waals surface area contributed by atoms with Crippen LogP contribution in [0.5, 0.6) is 5.75 Å². The Labute approximate surface area is 109 Å². The highest BCUT2D eigenvalue weighted by molar-refractivity contribution is 5.35. The van der Waals surface area contributed by atoms with Gasteiger partial charge >= 0.3 is 0 Å². The number of hydrogen-bond donors (Lipinski definition) is 1. The van der Waals surface area contributed by atoms with Gasteiger partial charge in [0.05, 0.1) is 13.7 Å². The van der Waals surface area contributed by atoms with Gasteiger partial charge in [-0.25, -0.2) is 0 Å². The molecular weight excluding hydrogens is 226 g/mol. The minimum Gasteiger partial charge on any atom is -0.496 e.